The quantitative estimate of drug-likeness (QED) is 0.742. The van der Waals surface area contributed by atoms with Crippen molar-refractivity contribution >= 4 is 5.91 Å². The second kappa shape index (κ2) is 4.94. The summed E-state index contributed by atoms with van der Waals surface area (Å²) in [6.45, 7) is 3.22. The van der Waals surface area contributed by atoms with Gasteiger partial charge < -0.3 is 5.32 Å². The molecule has 2 heterocycles. The van der Waals surface area contributed by atoms with Crippen molar-refractivity contribution in [3.8, 4) is 0 Å². The first-order valence-corrected chi connectivity index (χ1v) is 6.02. The molecule has 2 rings (SSSR count). The zero-order chi connectivity index (χ0) is 10.7. The van der Waals surface area contributed by atoms with Crippen LogP contribution in [0.5, 0.6) is 0 Å². The molecule has 0 spiro atoms. The lowest BCUT2D eigenvalue weighted by Gasteiger charge is -2.36. The predicted octanol–water partition coefficient (Wildman–Crippen LogP) is 0.598. The maximum atomic E-state index is 11.5. The molecule has 4 heteroatoms. The van der Waals surface area contributed by atoms with Gasteiger partial charge in [-0.05, 0) is 32.2 Å². The Morgan fingerprint density at radius 2 is 2.33 bits per heavy atom. The van der Waals surface area contributed by atoms with Gasteiger partial charge in [0.05, 0.1) is 0 Å². The number of nitrogens with zero attached hydrogens (tertiary/aromatic N) is 2. The lowest BCUT2D eigenvalue weighted by molar-refractivity contribution is -0.151. The Hall–Kier alpha value is -0.610. The fraction of sp³-hybridized carbons (Fsp3) is 0.909. The lowest BCUT2D eigenvalue weighted by atomic mass is 10.1. The standard InChI is InChI=1S/C11H21N3O/c1-13-11(15)5-3-8-14(13)9-6-10-4-2-7-12-10/h10,12H,2-9H2,1H3. The number of carbonyl (C=O) groups excluding carboxylic acids is 1. The van der Waals surface area contributed by atoms with Crippen molar-refractivity contribution < 1.29 is 4.79 Å². The molecule has 0 aliphatic carbocycles. The van der Waals surface area contributed by atoms with Crippen molar-refractivity contribution in [2.24, 2.45) is 0 Å². The third-order valence-electron chi connectivity index (χ3n) is 3.49. The summed E-state index contributed by atoms with van der Waals surface area (Å²) in [5, 5.41) is 7.48. The maximum absolute atomic E-state index is 11.5. The Kier molecular flexibility index (Phi) is 3.59. The van der Waals surface area contributed by atoms with E-state index in [2.05, 4.69) is 10.3 Å². The molecule has 2 saturated heterocycles. The second-order valence-electron chi connectivity index (χ2n) is 4.56. The van der Waals surface area contributed by atoms with Gasteiger partial charge in [-0.3, -0.25) is 9.80 Å². The number of rotatable bonds is 3. The van der Waals surface area contributed by atoms with Crippen LogP contribution in [0.1, 0.15) is 32.1 Å². The third-order valence-corrected chi connectivity index (χ3v) is 3.49. The molecule has 4 nitrogen and oxygen atoms in total. The zero-order valence-corrected chi connectivity index (χ0v) is 9.54. The number of amides is 1. The molecular formula is C11H21N3O. The molecule has 0 aromatic heterocycles. The summed E-state index contributed by atoms with van der Waals surface area (Å²) in [5.74, 6) is 0.264. The lowest BCUT2D eigenvalue weighted by Crippen LogP contribution is -2.49. The monoisotopic (exact) mass is 211 g/mol. The van der Waals surface area contributed by atoms with Crippen LogP contribution in [0.15, 0.2) is 0 Å². The van der Waals surface area contributed by atoms with Gasteiger partial charge in [-0.1, -0.05) is 0 Å². The van der Waals surface area contributed by atoms with Crippen molar-refractivity contribution in [2.75, 3.05) is 26.7 Å². The van der Waals surface area contributed by atoms with Crippen LogP contribution in [0.4, 0.5) is 0 Å². The average Bonchev–Trinajstić information content (AvgIpc) is 2.73. The number of hydrogen-bond donors (Lipinski definition) is 1. The minimum absolute atomic E-state index is 0.264. The highest BCUT2D eigenvalue weighted by atomic mass is 16.2. The van der Waals surface area contributed by atoms with Crippen molar-refractivity contribution in [3.05, 3.63) is 0 Å². The first kappa shape index (κ1) is 10.9. The summed E-state index contributed by atoms with van der Waals surface area (Å²) in [6.07, 6.45) is 5.50. The van der Waals surface area contributed by atoms with Crippen LogP contribution < -0.4 is 5.32 Å². The minimum atomic E-state index is 0.264. The summed E-state index contributed by atoms with van der Waals surface area (Å²) in [5.41, 5.74) is 0. The Balaban J connectivity index is 1.75. The van der Waals surface area contributed by atoms with Gasteiger partial charge in [-0.25, -0.2) is 5.01 Å². The molecule has 1 amide bonds. The van der Waals surface area contributed by atoms with E-state index in [9.17, 15) is 4.79 Å². The highest BCUT2D eigenvalue weighted by molar-refractivity contribution is 5.75. The van der Waals surface area contributed by atoms with Crippen LogP contribution in [-0.2, 0) is 4.79 Å². The van der Waals surface area contributed by atoms with Gasteiger partial charge in [0.25, 0.3) is 0 Å². The molecular weight excluding hydrogens is 190 g/mol. The van der Waals surface area contributed by atoms with Gasteiger partial charge in [-0.2, -0.15) is 0 Å². The number of hydrazine groups is 1. The van der Waals surface area contributed by atoms with Crippen LogP contribution >= 0.6 is 0 Å². The third kappa shape index (κ3) is 2.69. The van der Waals surface area contributed by atoms with E-state index in [1.54, 1.807) is 5.01 Å². The summed E-state index contributed by atoms with van der Waals surface area (Å²) in [4.78, 5) is 11.5. The fourth-order valence-corrected chi connectivity index (χ4v) is 2.45. The molecule has 2 aliphatic heterocycles. The van der Waals surface area contributed by atoms with Crippen molar-refractivity contribution in [1.82, 2.24) is 15.3 Å². The van der Waals surface area contributed by atoms with E-state index in [4.69, 9.17) is 0 Å². The number of hydrogen-bond acceptors (Lipinski definition) is 3. The van der Waals surface area contributed by atoms with E-state index in [1.165, 1.54) is 19.4 Å². The molecule has 1 unspecified atom stereocenters. The fourth-order valence-electron chi connectivity index (χ4n) is 2.45. The van der Waals surface area contributed by atoms with Gasteiger partial charge in [0.2, 0.25) is 5.91 Å². The summed E-state index contributed by atoms with van der Waals surface area (Å²) >= 11 is 0. The van der Waals surface area contributed by atoms with E-state index >= 15 is 0 Å². The first-order chi connectivity index (χ1) is 7.27. The average molecular weight is 211 g/mol. The van der Waals surface area contributed by atoms with Gasteiger partial charge in [0.1, 0.15) is 0 Å². The van der Waals surface area contributed by atoms with Crippen LogP contribution in [0, 0.1) is 0 Å². The maximum Gasteiger partial charge on any atom is 0.236 e. The van der Waals surface area contributed by atoms with Gasteiger partial charge in [0, 0.05) is 32.6 Å². The Labute approximate surface area is 91.6 Å². The number of carbonyl (C=O) groups is 1. The largest absolute Gasteiger partial charge is 0.314 e. The summed E-state index contributed by atoms with van der Waals surface area (Å²) in [7, 11) is 1.89. The molecule has 0 aromatic rings. The van der Waals surface area contributed by atoms with E-state index in [1.807, 2.05) is 7.05 Å². The molecule has 0 bridgehead atoms. The molecule has 15 heavy (non-hydrogen) atoms. The van der Waals surface area contributed by atoms with E-state index in [0.29, 0.717) is 12.5 Å². The molecule has 2 fully saturated rings. The normalized spacial score (nSPS) is 28.7. The smallest absolute Gasteiger partial charge is 0.236 e. The van der Waals surface area contributed by atoms with Gasteiger partial charge in [-0.15, -0.1) is 0 Å². The van der Waals surface area contributed by atoms with Crippen molar-refractivity contribution in [2.45, 2.75) is 38.1 Å². The second-order valence-corrected chi connectivity index (χ2v) is 4.56. The Bertz CT molecular complexity index is 226. The molecule has 0 aromatic carbocycles. The molecule has 2 aliphatic rings. The molecule has 1 atom stereocenters. The summed E-state index contributed by atoms with van der Waals surface area (Å²) < 4.78 is 0. The first-order valence-electron chi connectivity index (χ1n) is 6.02. The highest BCUT2D eigenvalue weighted by Gasteiger charge is 2.23. The summed E-state index contributed by atoms with van der Waals surface area (Å²) in [6, 6.07) is 0.676. The van der Waals surface area contributed by atoms with Crippen LogP contribution in [0.3, 0.4) is 0 Å². The molecule has 0 saturated carbocycles. The van der Waals surface area contributed by atoms with E-state index in [-0.39, 0.29) is 5.91 Å². The predicted molar refractivity (Wildman–Crippen MR) is 59.2 cm³/mol. The van der Waals surface area contributed by atoms with Gasteiger partial charge >= 0.3 is 0 Å². The highest BCUT2D eigenvalue weighted by Crippen LogP contribution is 2.14. The zero-order valence-electron chi connectivity index (χ0n) is 9.54. The van der Waals surface area contributed by atoms with Crippen molar-refractivity contribution in [3.63, 3.8) is 0 Å². The SMILES string of the molecule is CN1C(=O)CCCN1CCC1CCCN1. The molecule has 86 valence electrons. The van der Waals surface area contributed by atoms with Crippen LogP contribution in [0.2, 0.25) is 0 Å². The minimum Gasteiger partial charge on any atom is -0.314 e. The molecule has 1 N–H and O–H groups in total. The Morgan fingerprint density at radius 3 is 3.07 bits per heavy atom. The number of nitrogens with one attached hydrogen (secondary N) is 1. The van der Waals surface area contributed by atoms with Crippen LogP contribution in [0.25, 0.3) is 0 Å². The van der Waals surface area contributed by atoms with E-state index < -0.39 is 0 Å². The molecule has 0 radical (unpaired) electrons. The Morgan fingerprint density at radius 1 is 1.47 bits per heavy atom. The van der Waals surface area contributed by atoms with Crippen LogP contribution in [-0.4, -0.2) is 48.6 Å². The van der Waals surface area contributed by atoms with Gasteiger partial charge in [0.15, 0.2) is 0 Å². The van der Waals surface area contributed by atoms with E-state index in [0.717, 1.165) is 25.9 Å². The van der Waals surface area contributed by atoms with Crippen molar-refractivity contribution in [1.29, 1.82) is 0 Å². The topological polar surface area (TPSA) is 35.6 Å².